The van der Waals surface area contributed by atoms with Gasteiger partial charge in [-0.3, -0.25) is 4.79 Å². The summed E-state index contributed by atoms with van der Waals surface area (Å²) < 4.78 is 36.4. The number of amides is 1. The number of rotatable bonds is 3. The van der Waals surface area contributed by atoms with E-state index in [1.54, 1.807) is 0 Å². The molecular formula is C13H16ClF3N2O2. The van der Waals surface area contributed by atoms with Crippen LogP contribution in [0.3, 0.4) is 0 Å². The molecule has 1 aliphatic heterocycles. The van der Waals surface area contributed by atoms with E-state index >= 15 is 0 Å². The minimum atomic E-state index is -4.72. The van der Waals surface area contributed by atoms with E-state index in [1.807, 2.05) is 24.3 Å². The van der Waals surface area contributed by atoms with Gasteiger partial charge in [0, 0.05) is 6.54 Å². The number of hydrogen-bond acceptors (Lipinski definition) is 3. The van der Waals surface area contributed by atoms with Crippen molar-refractivity contribution in [1.29, 1.82) is 0 Å². The molecule has 0 aromatic heterocycles. The predicted molar refractivity (Wildman–Crippen MR) is 73.1 cm³/mol. The van der Waals surface area contributed by atoms with Gasteiger partial charge in [0.05, 0.1) is 12.6 Å². The summed E-state index contributed by atoms with van der Waals surface area (Å²) in [5, 5.41) is 13.9. The fourth-order valence-corrected chi connectivity index (χ4v) is 2.08. The van der Waals surface area contributed by atoms with Gasteiger partial charge in [-0.1, -0.05) is 24.3 Å². The highest BCUT2D eigenvalue weighted by Crippen LogP contribution is 2.19. The zero-order valence-corrected chi connectivity index (χ0v) is 11.8. The Balaban J connectivity index is 0.00000220. The molecule has 0 radical (unpaired) electrons. The van der Waals surface area contributed by atoms with E-state index in [1.165, 1.54) is 0 Å². The fourth-order valence-electron chi connectivity index (χ4n) is 2.08. The summed E-state index contributed by atoms with van der Waals surface area (Å²) in [5.41, 5.74) is 2.08. The number of hydrogen-bond donors (Lipinski definition) is 3. The highest BCUT2D eigenvalue weighted by molar-refractivity contribution is 5.85. The van der Waals surface area contributed by atoms with Crippen LogP contribution in [0.25, 0.3) is 0 Å². The van der Waals surface area contributed by atoms with Crippen molar-refractivity contribution in [2.24, 2.45) is 0 Å². The molecule has 2 rings (SSSR count). The first-order valence-electron chi connectivity index (χ1n) is 6.20. The number of aliphatic hydroxyl groups excluding tert-OH is 1. The lowest BCUT2D eigenvalue weighted by Crippen LogP contribution is -2.50. The molecule has 4 nitrogen and oxygen atoms in total. The third-order valence-electron chi connectivity index (χ3n) is 3.25. The van der Waals surface area contributed by atoms with E-state index in [2.05, 4.69) is 10.6 Å². The summed E-state index contributed by atoms with van der Waals surface area (Å²) in [4.78, 5) is 11.8. The highest BCUT2D eigenvalue weighted by Gasteiger charge is 2.38. The van der Waals surface area contributed by atoms with Crippen LogP contribution in [-0.2, 0) is 17.8 Å². The molecule has 2 unspecified atom stereocenters. The van der Waals surface area contributed by atoms with Crippen molar-refractivity contribution in [2.45, 2.75) is 31.3 Å². The Morgan fingerprint density at radius 3 is 2.62 bits per heavy atom. The molecule has 1 amide bonds. The summed E-state index contributed by atoms with van der Waals surface area (Å²) in [6.07, 6.45) is -6.84. The van der Waals surface area contributed by atoms with Gasteiger partial charge in [0.1, 0.15) is 0 Å². The van der Waals surface area contributed by atoms with E-state index in [4.69, 9.17) is 5.11 Å². The number of fused-ring (bicyclic) bond motifs is 1. The average molecular weight is 325 g/mol. The zero-order valence-electron chi connectivity index (χ0n) is 11.0. The normalized spacial score (nSPS) is 19.1. The van der Waals surface area contributed by atoms with Gasteiger partial charge >= 0.3 is 6.18 Å². The average Bonchev–Trinajstić information content (AvgIpc) is 2.42. The van der Waals surface area contributed by atoms with E-state index in [-0.39, 0.29) is 12.4 Å². The van der Waals surface area contributed by atoms with Crippen LogP contribution in [0.5, 0.6) is 0 Å². The molecule has 1 heterocycles. The van der Waals surface area contributed by atoms with Crippen LogP contribution in [-0.4, -0.2) is 35.9 Å². The van der Waals surface area contributed by atoms with Gasteiger partial charge in [-0.25, -0.2) is 0 Å². The van der Waals surface area contributed by atoms with Crippen molar-refractivity contribution in [3.8, 4) is 0 Å². The maximum absolute atomic E-state index is 12.1. The summed E-state index contributed by atoms with van der Waals surface area (Å²) >= 11 is 0. The second-order valence-corrected chi connectivity index (χ2v) is 4.71. The Labute approximate surface area is 126 Å². The summed E-state index contributed by atoms with van der Waals surface area (Å²) in [6, 6.07) is 6.99. The maximum atomic E-state index is 12.1. The van der Waals surface area contributed by atoms with Gasteiger partial charge in [0.25, 0.3) is 0 Å². The van der Waals surface area contributed by atoms with Crippen LogP contribution in [0, 0.1) is 0 Å². The van der Waals surface area contributed by atoms with Gasteiger partial charge in [0.15, 0.2) is 6.10 Å². The van der Waals surface area contributed by atoms with Crippen molar-refractivity contribution in [2.75, 3.05) is 6.54 Å². The summed E-state index contributed by atoms with van der Waals surface area (Å²) in [5.74, 6) is -0.539. The maximum Gasteiger partial charge on any atom is 0.416 e. The van der Waals surface area contributed by atoms with Crippen LogP contribution in [0.1, 0.15) is 11.1 Å². The first kappa shape index (κ1) is 17.7. The van der Waals surface area contributed by atoms with Crippen LogP contribution >= 0.6 is 12.4 Å². The van der Waals surface area contributed by atoms with E-state index < -0.39 is 30.8 Å². The van der Waals surface area contributed by atoms with Gasteiger partial charge in [-0.15, -0.1) is 12.4 Å². The van der Waals surface area contributed by atoms with Crippen LogP contribution < -0.4 is 10.6 Å². The van der Waals surface area contributed by atoms with Crippen LogP contribution in [0.4, 0.5) is 13.2 Å². The molecule has 0 spiro atoms. The smallest absolute Gasteiger partial charge is 0.382 e. The number of alkyl halides is 3. The fraction of sp³-hybridized carbons (Fsp3) is 0.462. The van der Waals surface area contributed by atoms with Gasteiger partial charge in [-0.2, -0.15) is 13.2 Å². The quantitative estimate of drug-likeness (QED) is 0.782. The molecule has 8 heteroatoms. The Morgan fingerprint density at radius 2 is 2.00 bits per heavy atom. The molecule has 1 aliphatic rings. The highest BCUT2D eigenvalue weighted by atomic mass is 35.5. The number of benzene rings is 1. The first-order valence-corrected chi connectivity index (χ1v) is 6.20. The SMILES string of the molecule is Cl.O=C(NCC(O)C(F)(F)F)C1Cc2ccccc2CN1. The molecular weight excluding hydrogens is 309 g/mol. The molecule has 0 saturated carbocycles. The van der Waals surface area contributed by atoms with Crippen molar-refractivity contribution < 1.29 is 23.1 Å². The van der Waals surface area contributed by atoms with E-state index in [9.17, 15) is 18.0 Å². The number of carbonyl (C=O) groups excluding carboxylic acids is 1. The minimum Gasteiger partial charge on any atom is -0.382 e. The molecule has 1 aromatic rings. The second-order valence-electron chi connectivity index (χ2n) is 4.71. The third kappa shape index (κ3) is 4.59. The number of carbonyl (C=O) groups is 1. The van der Waals surface area contributed by atoms with E-state index in [0.717, 1.165) is 11.1 Å². The van der Waals surface area contributed by atoms with Crippen molar-refractivity contribution in [3.63, 3.8) is 0 Å². The molecule has 2 atom stereocenters. The second kappa shape index (κ2) is 7.11. The number of aliphatic hydroxyl groups is 1. The summed E-state index contributed by atoms with van der Waals surface area (Å²) in [7, 11) is 0. The topological polar surface area (TPSA) is 61.4 Å². The summed E-state index contributed by atoms with van der Waals surface area (Å²) in [6.45, 7) is -0.335. The van der Waals surface area contributed by atoms with Crippen LogP contribution in [0.15, 0.2) is 24.3 Å². The zero-order chi connectivity index (χ0) is 14.8. The van der Waals surface area contributed by atoms with Gasteiger partial charge < -0.3 is 15.7 Å². The lowest BCUT2D eigenvalue weighted by Gasteiger charge is -2.26. The first-order chi connectivity index (χ1) is 9.38. The Bertz CT molecular complexity index is 497. The van der Waals surface area contributed by atoms with Crippen molar-refractivity contribution in [3.05, 3.63) is 35.4 Å². The molecule has 1 aromatic carbocycles. The standard InChI is InChI=1S/C13H15F3N2O2.ClH/c14-13(15,16)11(19)7-18-12(20)10-5-8-3-1-2-4-9(8)6-17-10;/h1-4,10-11,17,19H,5-7H2,(H,18,20);1H. The number of nitrogens with one attached hydrogen (secondary N) is 2. The predicted octanol–water partition coefficient (Wildman–Crippen LogP) is 1.16. The van der Waals surface area contributed by atoms with Crippen molar-refractivity contribution >= 4 is 18.3 Å². The Kier molecular flexibility index (Phi) is 6.00. The van der Waals surface area contributed by atoms with E-state index in [0.29, 0.717) is 13.0 Å². The lowest BCUT2D eigenvalue weighted by molar-refractivity contribution is -0.201. The van der Waals surface area contributed by atoms with Gasteiger partial charge in [-0.05, 0) is 17.5 Å². The molecule has 0 saturated heterocycles. The molecule has 21 heavy (non-hydrogen) atoms. The molecule has 3 N–H and O–H groups in total. The largest absolute Gasteiger partial charge is 0.416 e. The minimum absolute atomic E-state index is 0. The monoisotopic (exact) mass is 324 g/mol. The Hall–Kier alpha value is -1.31. The van der Waals surface area contributed by atoms with Gasteiger partial charge in [0.2, 0.25) is 5.91 Å². The number of halogens is 4. The van der Waals surface area contributed by atoms with Crippen LogP contribution in [0.2, 0.25) is 0 Å². The van der Waals surface area contributed by atoms with Crippen molar-refractivity contribution in [1.82, 2.24) is 10.6 Å². The molecule has 0 fully saturated rings. The Morgan fingerprint density at radius 1 is 1.38 bits per heavy atom. The lowest BCUT2D eigenvalue weighted by atomic mass is 9.95. The molecule has 118 valence electrons. The molecule has 0 bridgehead atoms. The third-order valence-corrected chi connectivity index (χ3v) is 3.25. The molecule has 0 aliphatic carbocycles.